The van der Waals surface area contributed by atoms with E-state index in [1.54, 1.807) is 45.9 Å². The largest absolute Gasteiger partial charge is 0.347 e. The molecule has 2 N–H and O–H groups in total. The minimum Gasteiger partial charge on any atom is -0.347 e. The van der Waals surface area contributed by atoms with Crippen molar-refractivity contribution in [2.45, 2.75) is 0 Å². The Balaban J connectivity index is 1.39. The van der Waals surface area contributed by atoms with Gasteiger partial charge in [-0.15, -0.1) is 5.10 Å². The molecule has 10 nitrogen and oxygen atoms in total. The lowest BCUT2D eigenvalue weighted by molar-refractivity contribution is 0.101. The van der Waals surface area contributed by atoms with E-state index in [0.717, 1.165) is 16.6 Å². The summed E-state index contributed by atoms with van der Waals surface area (Å²) in [4.78, 5) is 21.9. The number of benzene rings is 2. The van der Waals surface area contributed by atoms with E-state index >= 15 is 0 Å². The zero-order valence-electron chi connectivity index (χ0n) is 20.8. The minimum atomic E-state index is -0.205. The maximum atomic E-state index is 12.8. The van der Waals surface area contributed by atoms with Crippen LogP contribution in [0.3, 0.4) is 0 Å². The Labute approximate surface area is 223 Å². The molecule has 0 saturated heterocycles. The molecule has 0 aliphatic heterocycles. The van der Waals surface area contributed by atoms with Crippen molar-refractivity contribution in [1.29, 1.82) is 5.26 Å². The Hall–Kier alpha value is -5.82. The summed E-state index contributed by atoms with van der Waals surface area (Å²) < 4.78 is 3.33. The first-order valence-corrected chi connectivity index (χ1v) is 12.1. The number of hydrogen-bond donors (Lipinski definition) is 2. The number of carbonyl (C=O) groups is 1. The number of carbonyl (C=O) groups excluding carboxylic acids is 1. The van der Waals surface area contributed by atoms with E-state index in [9.17, 15) is 10.1 Å². The summed E-state index contributed by atoms with van der Waals surface area (Å²) in [5.41, 5.74) is 6.04. The van der Waals surface area contributed by atoms with E-state index in [0.29, 0.717) is 40.0 Å². The van der Waals surface area contributed by atoms with Gasteiger partial charge in [0.25, 0.3) is 5.91 Å². The molecule has 1 amide bonds. The van der Waals surface area contributed by atoms with Gasteiger partial charge in [0, 0.05) is 42.6 Å². The maximum absolute atomic E-state index is 12.8. The molecular formula is C29H21N9O. The van der Waals surface area contributed by atoms with Crippen LogP contribution < -0.4 is 10.6 Å². The van der Waals surface area contributed by atoms with E-state index < -0.39 is 0 Å². The van der Waals surface area contributed by atoms with Crippen molar-refractivity contribution in [3.05, 3.63) is 109 Å². The molecule has 0 atom stereocenters. The van der Waals surface area contributed by atoms with Gasteiger partial charge in [0.05, 0.1) is 28.4 Å². The van der Waals surface area contributed by atoms with Gasteiger partial charge in [0.15, 0.2) is 0 Å². The molecule has 0 saturated carbocycles. The van der Waals surface area contributed by atoms with Gasteiger partial charge in [-0.1, -0.05) is 18.2 Å². The Morgan fingerprint density at radius 2 is 1.82 bits per heavy atom. The standard InChI is InChI=1S/C29H21N9O/c1-37-15-5-11-25(37)28(39)33-22-9-3-7-20(17-22)27-26(24-10-4-13-32-38(24)36-27)23-12-14-31-29(35-23)34-21-8-2-6-19(16-21)18-30/h2-17H,1H3,(H,33,39)(H,31,34,35). The number of fused-ring (bicyclic) bond motifs is 1. The number of rotatable bonds is 6. The molecule has 0 aliphatic carbocycles. The van der Waals surface area contributed by atoms with Crippen LogP contribution in [0.15, 0.2) is 97.5 Å². The van der Waals surface area contributed by atoms with Gasteiger partial charge >= 0.3 is 0 Å². The van der Waals surface area contributed by atoms with Crippen molar-refractivity contribution in [1.82, 2.24) is 29.4 Å². The molecule has 0 spiro atoms. The van der Waals surface area contributed by atoms with Crippen LogP contribution in [0.25, 0.3) is 28.0 Å². The van der Waals surface area contributed by atoms with Crippen LogP contribution in [-0.4, -0.2) is 35.3 Å². The highest BCUT2D eigenvalue weighted by atomic mass is 16.1. The minimum absolute atomic E-state index is 0.205. The van der Waals surface area contributed by atoms with Crippen molar-refractivity contribution >= 4 is 28.7 Å². The number of nitriles is 1. The van der Waals surface area contributed by atoms with E-state index in [-0.39, 0.29) is 5.91 Å². The zero-order chi connectivity index (χ0) is 26.8. The topological polar surface area (TPSA) is 126 Å². The predicted molar refractivity (Wildman–Crippen MR) is 147 cm³/mol. The molecule has 0 radical (unpaired) electrons. The highest BCUT2D eigenvalue weighted by Crippen LogP contribution is 2.35. The number of anilines is 3. The van der Waals surface area contributed by atoms with Gasteiger partial charge in [0.1, 0.15) is 11.4 Å². The molecule has 0 bridgehead atoms. The Kier molecular flexibility index (Phi) is 5.99. The number of aromatic nitrogens is 6. The fourth-order valence-corrected chi connectivity index (χ4v) is 4.34. The molecule has 188 valence electrons. The van der Waals surface area contributed by atoms with Crippen LogP contribution in [0.5, 0.6) is 0 Å². The lowest BCUT2D eigenvalue weighted by atomic mass is 10.0. The molecule has 0 fully saturated rings. The lowest BCUT2D eigenvalue weighted by Gasteiger charge is -2.09. The second-order valence-electron chi connectivity index (χ2n) is 8.74. The van der Waals surface area contributed by atoms with E-state index in [1.165, 1.54) is 0 Å². The van der Waals surface area contributed by atoms with Crippen LogP contribution in [-0.2, 0) is 7.05 Å². The van der Waals surface area contributed by atoms with Gasteiger partial charge in [-0.3, -0.25) is 4.79 Å². The first-order valence-electron chi connectivity index (χ1n) is 12.1. The van der Waals surface area contributed by atoms with Crippen LogP contribution in [0.1, 0.15) is 16.1 Å². The van der Waals surface area contributed by atoms with Crippen molar-refractivity contribution in [2.75, 3.05) is 10.6 Å². The number of hydrogen-bond acceptors (Lipinski definition) is 7. The molecule has 0 unspecified atom stereocenters. The molecule has 6 aromatic rings. The fourth-order valence-electron chi connectivity index (χ4n) is 4.34. The zero-order valence-corrected chi connectivity index (χ0v) is 20.8. The summed E-state index contributed by atoms with van der Waals surface area (Å²) in [5, 5.41) is 24.5. The van der Waals surface area contributed by atoms with Gasteiger partial charge in [-0.25, -0.2) is 9.97 Å². The number of nitrogens with one attached hydrogen (secondary N) is 2. The van der Waals surface area contributed by atoms with E-state index in [4.69, 9.17) is 10.1 Å². The summed E-state index contributed by atoms with van der Waals surface area (Å²) in [7, 11) is 1.83. The third kappa shape index (κ3) is 4.68. The quantitative estimate of drug-likeness (QED) is 0.320. The van der Waals surface area contributed by atoms with E-state index in [2.05, 4.69) is 26.8 Å². The molecule has 10 heteroatoms. The fraction of sp³-hybridized carbons (Fsp3) is 0.0345. The first-order chi connectivity index (χ1) is 19.1. The summed E-state index contributed by atoms with van der Waals surface area (Å²) in [5.74, 6) is 0.170. The number of nitrogens with zero attached hydrogens (tertiary/aromatic N) is 7. The summed E-state index contributed by atoms with van der Waals surface area (Å²) in [6.07, 6.45) is 5.16. The van der Waals surface area contributed by atoms with Crippen LogP contribution in [0.4, 0.5) is 17.3 Å². The Bertz CT molecular complexity index is 1880. The second kappa shape index (κ2) is 9.91. The molecule has 4 aromatic heterocycles. The molecule has 0 aliphatic rings. The number of amides is 1. The summed E-state index contributed by atoms with van der Waals surface area (Å²) in [6.45, 7) is 0. The van der Waals surface area contributed by atoms with Crippen molar-refractivity contribution in [3.8, 4) is 28.6 Å². The summed E-state index contributed by atoms with van der Waals surface area (Å²) >= 11 is 0. The van der Waals surface area contributed by atoms with Crippen molar-refractivity contribution < 1.29 is 4.79 Å². The van der Waals surface area contributed by atoms with Crippen LogP contribution >= 0.6 is 0 Å². The van der Waals surface area contributed by atoms with Gasteiger partial charge in [0.2, 0.25) is 5.95 Å². The first kappa shape index (κ1) is 23.6. The van der Waals surface area contributed by atoms with Gasteiger partial charge in [-0.05, 0) is 60.7 Å². The third-order valence-electron chi connectivity index (χ3n) is 6.15. The normalized spacial score (nSPS) is 10.8. The average molecular weight is 512 g/mol. The second-order valence-corrected chi connectivity index (χ2v) is 8.74. The van der Waals surface area contributed by atoms with E-state index in [1.807, 2.05) is 67.8 Å². The van der Waals surface area contributed by atoms with Gasteiger partial charge < -0.3 is 15.2 Å². The summed E-state index contributed by atoms with van der Waals surface area (Å²) in [6, 6.07) is 25.9. The molecule has 4 heterocycles. The molecule has 6 rings (SSSR count). The number of aryl methyl sites for hydroxylation is 1. The maximum Gasteiger partial charge on any atom is 0.272 e. The SMILES string of the molecule is Cn1cccc1C(=O)Nc1cccc(-c2nn3ncccc3c2-c2ccnc(Nc3cccc(C#N)c3)n2)c1. The van der Waals surface area contributed by atoms with Crippen LogP contribution in [0, 0.1) is 11.3 Å². The van der Waals surface area contributed by atoms with Crippen LogP contribution in [0.2, 0.25) is 0 Å². The highest BCUT2D eigenvalue weighted by molar-refractivity contribution is 6.03. The monoisotopic (exact) mass is 511 g/mol. The molecular weight excluding hydrogens is 490 g/mol. The van der Waals surface area contributed by atoms with Crippen molar-refractivity contribution in [3.63, 3.8) is 0 Å². The Morgan fingerprint density at radius 3 is 2.67 bits per heavy atom. The van der Waals surface area contributed by atoms with Crippen molar-refractivity contribution in [2.24, 2.45) is 7.05 Å². The smallest absolute Gasteiger partial charge is 0.272 e. The Morgan fingerprint density at radius 1 is 0.949 bits per heavy atom. The average Bonchev–Trinajstić information content (AvgIpc) is 3.57. The lowest BCUT2D eigenvalue weighted by Crippen LogP contribution is -2.15. The van der Waals surface area contributed by atoms with Gasteiger partial charge in [-0.2, -0.15) is 15.0 Å². The molecule has 39 heavy (non-hydrogen) atoms. The third-order valence-corrected chi connectivity index (χ3v) is 6.15. The predicted octanol–water partition coefficient (Wildman–Crippen LogP) is 5.06. The molecule has 2 aromatic carbocycles. The highest BCUT2D eigenvalue weighted by Gasteiger charge is 2.19.